The lowest BCUT2D eigenvalue weighted by Crippen LogP contribution is -2.37. The number of rotatable bonds is 7. The van der Waals surface area contributed by atoms with Crippen LogP contribution < -0.4 is 10.1 Å². The molecule has 1 N–H and O–H groups in total. The van der Waals surface area contributed by atoms with Crippen molar-refractivity contribution in [1.29, 1.82) is 0 Å². The number of carbonyl (C=O) groups excluding carboxylic acids is 3. The second kappa shape index (κ2) is 9.23. The van der Waals surface area contributed by atoms with Gasteiger partial charge in [0, 0.05) is 18.7 Å². The molecule has 2 aromatic carbocycles. The molecule has 0 radical (unpaired) electrons. The molecule has 0 atom stereocenters. The lowest BCUT2D eigenvalue weighted by Gasteiger charge is -2.13. The third kappa shape index (κ3) is 4.80. The number of para-hydroxylation sites is 1. The van der Waals surface area contributed by atoms with E-state index in [1.807, 2.05) is 48.5 Å². The summed E-state index contributed by atoms with van der Waals surface area (Å²) >= 11 is 0.912. The molecule has 144 valence electrons. The van der Waals surface area contributed by atoms with Gasteiger partial charge in [0.15, 0.2) is 0 Å². The fourth-order valence-electron chi connectivity index (χ4n) is 2.79. The van der Waals surface area contributed by atoms with Crippen LogP contribution in [0, 0.1) is 0 Å². The Balaban J connectivity index is 1.53. The van der Waals surface area contributed by atoms with Gasteiger partial charge in [-0.2, -0.15) is 0 Å². The molecule has 2 aromatic rings. The molecule has 0 saturated carbocycles. The Bertz CT molecular complexity index is 912. The lowest BCUT2D eigenvalue weighted by atomic mass is 10.1. The standard InChI is InChI=1S/C21H20N2O4S/c1-27-17-10-6-5-9-16(17)14-19(24)22-11-12-23-20(25)18(28-21(23)26)13-15-7-3-2-4-8-15/h2-10,13H,11-12,14H2,1H3,(H,22,24)/b18-13-. The molecule has 0 aromatic heterocycles. The number of nitrogens with one attached hydrogen (secondary N) is 1. The number of carbonyl (C=O) groups is 3. The Morgan fingerprint density at radius 3 is 2.57 bits per heavy atom. The Kier molecular flexibility index (Phi) is 6.49. The maximum absolute atomic E-state index is 12.5. The molecular formula is C21H20N2O4S. The zero-order valence-corrected chi connectivity index (χ0v) is 16.2. The van der Waals surface area contributed by atoms with Gasteiger partial charge in [0.1, 0.15) is 5.75 Å². The molecule has 0 unspecified atom stereocenters. The van der Waals surface area contributed by atoms with Crippen LogP contribution in [0.4, 0.5) is 4.79 Å². The highest BCUT2D eigenvalue weighted by molar-refractivity contribution is 8.18. The fourth-order valence-corrected chi connectivity index (χ4v) is 3.65. The predicted octanol–water partition coefficient (Wildman–Crippen LogP) is 3.09. The summed E-state index contributed by atoms with van der Waals surface area (Å²) in [6, 6.07) is 16.6. The van der Waals surface area contributed by atoms with Crippen molar-refractivity contribution in [2.75, 3.05) is 20.2 Å². The number of ether oxygens (including phenoxy) is 1. The van der Waals surface area contributed by atoms with Crippen molar-refractivity contribution in [1.82, 2.24) is 10.2 Å². The summed E-state index contributed by atoms with van der Waals surface area (Å²) in [6.45, 7) is 0.332. The summed E-state index contributed by atoms with van der Waals surface area (Å²) in [5.74, 6) is 0.115. The van der Waals surface area contributed by atoms with Crippen molar-refractivity contribution < 1.29 is 19.1 Å². The van der Waals surface area contributed by atoms with E-state index in [0.717, 1.165) is 27.8 Å². The summed E-state index contributed by atoms with van der Waals surface area (Å²) in [4.78, 5) is 38.3. The van der Waals surface area contributed by atoms with Gasteiger partial charge in [-0.1, -0.05) is 48.5 Å². The third-order valence-electron chi connectivity index (χ3n) is 4.17. The van der Waals surface area contributed by atoms with E-state index in [2.05, 4.69) is 5.32 Å². The molecule has 0 bridgehead atoms. The highest BCUT2D eigenvalue weighted by Gasteiger charge is 2.34. The summed E-state index contributed by atoms with van der Waals surface area (Å²) in [6.07, 6.45) is 1.87. The number of imide groups is 1. The Morgan fingerprint density at radius 2 is 1.82 bits per heavy atom. The molecule has 1 aliphatic rings. The van der Waals surface area contributed by atoms with Crippen LogP contribution in [0.3, 0.4) is 0 Å². The Morgan fingerprint density at radius 1 is 1.11 bits per heavy atom. The minimum absolute atomic E-state index is 0.133. The van der Waals surface area contributed by atoms with Crippen molar-refractivity contribution in [3.8, 4) is 5.75 Å². The van der Waals surface area contributed by atoms with Crippen LogP contribution in [0.5, 0.6) is 5.75 Å². The Labute approximate surface area is 167 Å². The molecule has 3 amide bonds. The van der Waals surface area contributed by atoms with Crippen molar-refractivity contribution in [2.45, 2.75) is 6.42 Å². The summed E-state index contributed by atoms with van der Waals surface area (Å²) < 4.78 is 5.23. The van der Waals surface area contributed by atoms with Crippen LogP contribution in [-0.2, 0) is 16.0 Å². The maximum atomic E-state index is 12.5. The Hall–Kier alpha value is -3.06. The largest absolute Gasteiger partial charge is 0.496 e. The topological polar surface area (TPSA) is 75.7 Å². The van der Waals surface area contributed by atoms with Gasteiger partial charge in [-0.15, -0.1) is 0 Å². The minimum atomic E-state index is -0.335. The first kappa shape index (κ1) is 19.7. The second-order valence-corrected chi connectivity index (χ2v) is 7.08. The van der Waals surface area contributed by atoms with Crippen molar-refractivity contribution >= 4 is 34.9 Å². The first-order chi connectivity index (χ1) is 13.6. The van der Waals surface area contributed by atoms with E-state index in [1.54, 1.807) is 19.3 Å². The molecule has 7 heteroatoms. The summed E-state index contributed by atoms with van der Waals surface area (Å²) in [5.41, 5.74) is 1.64. The monoisotopic (exact) mass is 396 g/mol. The number of nitrogens with zero attached hydrogens (tertiary/aromatic N) is 1. The maximum Gasteiger partial charge on any atom is 0.293 e. The van der Waals surface area contributed by atoms with Gasteiger partial charge >= 0.3 is 0 Å². The van der Waals surface area contributed by atoms with Crippen molar-refractivity contribution in [2.24, 2.45) is 0 Å². The lowest BCUT2D eigenvalue weighted by molar-refractivity contribution is -0.124. The van der Waals surface area contributed by atoms with Crippen LogP contribution in [0.1, 0.15) is 11.1 Å². The van der Waals surface area contributed by atoms with Gasteiger partial charge in [0.2, 0.25) is 5.91 Å². The number of hydrogen-bond acceptors (Lipinski definition) is 5. The van der Waals surface area contributed by atoms with Gasteiger partial charge < -0.3 is 10.1 Å². The number of hydrogen-bond donors (Lipinski definition) is 1. The molecule has 1 heterocycles. The zero-order valence-electron chi connectivity index (χ0n) is 15.4. The highest BCUT2D eigenvalue weighted by atomic mass is 32.2. The molecule has 1 fully saturated rings. The van der Waals surface area contributed by atoms with E-state index in [9.17, 15) is 14.4 Å². The molecule has 1 aliphatic heterocycles. The molecular weight excluding hydrogens is 376 g/mol. The van der Waals surface area contributed by atoms with E-state index < -0.39 is 0 Å². The van der Waals surface area contributed by atoms with Gasteiger partial charge in [-0.05, 0) is 29.5 Å². The first-order valence-corrected chi connectivity index (χ1v) is 9.59. The number of amides is 3. The number of methoxy groups -OCH3 is 1. The van der Waals surface area contributed by atoms with E-state index >= 15 is 0 Å². The molecule has 0 aliphatic carbocycles. The molecule has 3 rings (SSSR count). The summed E-state index contributed by atoms with van der Waals surface area (Å²) in [7, 11) is 1.56. The van der Waals surface area contributed by atoms with Gasteiger partial charge in [-0.25, -0.2) is 0 Å². The number of thioether (sulfide) groups is 1. The van der Waals surface area contributed by atoms with Crippen LogP contribution in [0.2, 0.25) is 0 Å². The average Bonchev–Trinajstić information content (AvgIpc) is 2.96. The SMILES string of the molecule is COc1ccccc1CC(=O)NCCN1C(=O)S/C(=C\c2ccccc2)C1=O. The minimum Gasteiger partial charge on any atom is -0.496 e. The second-order valence-electron chi connectivity index (χ2n) is 6.08. The van der Waals surface area contributed by atoms with Gasteiger partial charge in [0.25, 0.3) is 11.1 Å². The van der Waals surface area contributed by atoms with E-state index in [4.69, 9.17) is 4.74 Å². The zero-order chi connectivity index (χ0) is 19.9. The fraction of sp³-hybridized carbons (Fsp3) is 0.190. The molecule has 1 saturated heterocycles. The van der Waals surface area contributed by atoms with Crippen molar-refractivity contribution in [3.63, 3.8) is 0 Å². The van der Waals surface area contributed by atoms with E-state index in [-0.39, 0.29) is 36.6 Å². The first-order valence-electron chi connectivity index (χ1n) is 8.77. The normalized spacial score (nSPS) is 15.2. The summed E-state index contributed by atoms with van der Waals surface area (Å²) in [5, 5.41) is 2.42. The highest BCUT2D eigenvalue weighted by Crippen LogP contribution is 2.31. The average molecular weight is 396 g/mol. The third-order valence-corrected chi connectivity index (χ3v) is 5.08. The van der Waals surface area contributed by atoms with Crippen LogP contribution in [0.15, 0.2) is 59.5 Å². The van der Waals surface area contributed by atoms with E-state index in [1.165, 1.54) is 0 Å². The van der Waals surface area contributed by atoms with E-state index in [0.29, 0.717) is 10.7 Å². The molecule has 28 heavy (non-hydrogen) atoms. The van der Waals surface area contributed by atoms with Crippen LogP contribution in [0.25, 0.3) is 6.08 Å². The number of benzene rings is 2. The molecule has 0 spiro atoms. The predicted molar refractivity (Wildman–Crippen MR) is 109 cm³/mol. The van der Waals surface area contributed by atoms with Crippen molar-refractivity contribution in [3.05, 3.63) is 70.6 Å². The quantitative estimate of drug-likeness (QED) is 0.728. The smallest absolute Gasteiger partial charge is 0.293 e. The van der Waals surface area contributed by atoms with Crippen LogP contribution >= 0.6 is 11.8 Å². The van der Waals surface area contributed by atoms with Gasteiger partial charge in [0.05, 0.1) is 18.4 Å². The van der Waals surface area contributed by atoms with Gasteiger partial charge in [-0.3, -0.25) is 19.3 Å². The molecule has 6 nitrogen and oxygen atoms in total. The van der Waals surface area contributed by atoms with Crippen LogP contribution in [-0.4, -0.2) is 42.2 Å².